The van der Waals surface area contributed by atoms with E-state index in [1.807, 2.05) is 72.8 Å². The molecule has 3 heterocycles. The molecule has 7 atom stereocenters. The summed E-state index contributed by atoms with van der Waals surface area (Å²) in [5, 5.41) is 29.3. The first-order chi connectivity index (χ1) is 33.7. The Morgan fingerprint density at radius 3 is 1.08 bits per heavy atom. The SMILES string of the molecule is CC(C)[C@H](NC(=O)[C@H](Cc1c[nH]c2ccccc12)NC(=O)[C@@H](NC(=O)[C@@H](NC(=O)[C@@H](N)Cc1c[nH]c2ccccc12)C(C)C)C(C)C)C(=O)N[C@H](C(=O)N[C@@H](Cc1c[nH]c2ccccc12)C(=O)O)C(C)C. The molecular formula is C53H68N10O8. The number of benzene rings is 3. The maximum Gasteiger partial charge on any atom is 0.326 e. The van der Waals surface area contributed by atoms with Crippen LogP contribution >= 0.6 is 0 Å². The van der Waals surface area contributed by atoms with E-state index in [4.69, 9.17) is 5.73 Å². The van der Waals surface area contributed by atoms with Gasteiger partial charge in [0.1, 0.15) is 36.3 Å². The second-order valence-corrected chi connectivity index (χ2v) is 19.7. The number of fused-ring (bicyclic) bond motifs is 3. The topological polar surface area (TPSA) is 285 Å². The van der Waals surface area contributed by atoms with Crippen molar-refractivity contribution in [3.8, 4) is 0 Å². The van der Waals surface area contributed by atoms with E-state index in [2.05, 4.69) is 46.9 Å². The van der Waals surface area contributed by atoms with Crippen molar-refractivity contribution in [3.63, 3.8) is 0 Å². The molecule has 0 aliphatic carbocycles. The number of aromatic nitrogens is 3. The van der Waals surface area contributed by atoms with Gasteiger partial charge in [0.05, 0.1) is 6.04 Å². The normalized spacial score (nSPS) is 14.7. The van der Waals surface area contributed by atoms with Gasteiger partial charge in [0.25, 0.3) is 0 Å². The smallest absolute Gasteiger partial charge is 0.326 e. The van der Waals surface area contributed by atoms with Crippen LogP contribution in [-0.2, 0) is 52.8 Å². The van der Waals surface area contributed by atoms with E-state index < -0.39 is 107 Å². The quantitative estimate of drug-likeness (QED) is 0.0440. The zero-order valence-corrected chi connectivity index (χ0v) is 41.5. The van der Waals surface area contributed by atoms with Gasteiger partial charge in [0.15, 0.2) is 0 Å². The third-order valence-corrected chi connectivity index (χ3v) is 12.9. The Kier molecular flexibility index (Phi) is 17.5. The van der Waals surface area contributed by atoms with Crippen LogP contribution in [0.5, 0.6) is 0 Å². The van der Waals surface area contributed by atoms with Crippen molar-refractivity contribution in [1.82, 2.24) is 46.9 Å². The molecule has 6 amide bonds. The second kappa shape index (κ2) is 23.4. The number of rotatable bonds is 23. The fraction of sp³-hybridized carbons (Fsp3) is 0.415. The monoisotopic (exact) mass is 973 g/mol. The summed E-state index contributed by atoms with van der Waals surface area (Å²) in [6, 6.07) is 14.3. The number of carboxylic acids is 1. The van der Waals surface area contributed by atoms with Gasteiger partial charge in [-0.25, -0.2) is 4.79 Å². The summed E-state index contributed by atoms with van der Waals surface area (Å²) in [6.07, 6.45) is 5.42. The van der Waals surface area contributed by atoms with E-state index in [-0.39, 0.29) is 19.3 Å². The molecule has 3 aromatic carbocycles. The van der Waals surface area contributed by atoms with Crippen LogP contribution in [0, 0.1) is 23.7 Å². The first-order valence-electron chi connectivity index (χ1n) is 24.2. The minimum absolute atomic E-state index is 0.0178. The molecule has 0 radical (unpaired) electrons. The number of H-pyrrole nitrogens is 3. The summed E-state index contributed by atoms with van der Waals surface area (Å²) in [4.78, 5) is 106. The van der Waals surface area contributed by atoms with Crippen LogP contribution in [0.25, 0.3) is 32.7 Å². The fourth-order valence-corrected chi connectivity index (χ4v) is 8.74. The lowest BCUT2D eigenvalue weighted by Crippen LogP contribution is -2.62. The number of amides is 6. The molecule has 12 N–H and O–H groups in total. The van der Waals surface area contributed by atoms with E-state index in [0.717, 1.165) is 38.3 Å². The van der Waals surface area contributed by atoms with E-state index in [1.54, 1.807) is 74.0 Å². The highest BCUT2D eigenvalue weighted by Gasteiger charge is 2.37. The maximum atomic E-state index is 14.6. The number of hydrogen-bond acceptors (Lipinski definition) is 8. The van der Waals surface area contributed by atoms with Crippen molar-refractivity contribution in [2.45, 2.75) is 117 Å². The van der Waals surface area contributed by atoms with Crippen LogP contribution < -0.4 is 37.6 Å². The van der Waals surface area contributed by atoms with Crippen molar-refractivity contribution in [2.24, 2.45) is 29.4 Å². The van der Waals surface area contributed by atoms with E-state index in [0.29, 0.717) is 11.1 Å². The predicted octanol–water partition coefficient (Wildman–Crippen LogP) is 4.10. The molecule has 0 aliphatic heterocycles. The lowest BCUT2D eigenvalue weighted by atomic mass is 9.97. The molecule has 0 saturated heterocycles. The van der Waals surface area contributed by atoms with Crippen molar-refractivity contribution in [1.29, 1.82) is 0 Å². The number of carboxylic acid groups (broad SMARTS) is 1. The molecular weight excluding hydrogens is 905 g/mol. The molecule has 6 rings (SSSR count). The van der Waals surface area contributed by atoms with Crippen LogP contribution in [-0.4, -0.2) is 104 Å². The van der Waals surface area contributed by atoms with Crippen molar-refractivity contribution >= 4 is 74.1 Å². The number of nitrogens with two attached hydrogens (primary N) is 1. The van der Waals surface area contributed by atoms with Gasteiger partial charge in [-0.3, -0.25) is 28.8 Å². The van der Waals surface area contributed by atoms with Gasteiger partial charge >= 0.3 is 5.97 Å². The minimum Gasteiger partial charge on any atom is -0.480 e. The summed E-state index contributed by atoms with van der Waals surface area (Å²) >= 11 is 0. The van der Waals surface area contributed by atoms with Gasteiger partial charge < -0.3 is 57.7 Å². The van der Waals surface area contributed by atoms with E-state index >= 15 is 0 Å². The fourth-order valence-electron chi connectivity index (χ4n) is 8.74. The maximum absolute atomic E-state index is 14.6. The standard InChI is InChI=1S/C53H68N10O8/c1-27(2)43(62-51(68)45(29(5)6)60-47(64)37(54)21-31-24-55-38-18-12-9-15-34(31)38)49(66)58-41(22-32-25-56-39-19-13-10-16-35(32)39)48(65)61-46(30(7)8)52(69)63-44(28(3)4)50(67)59-42(53(70)71)23-33-26-57-40-20-14-11-17-36(33)40/h9-20,24-30,37,41-46,55-57H,21-23,54H2,1-8H3,(H,58,66)(H,59,67)(H,60,64)(H,61,65)(H,62,68)(H,63,69)(H,70,71)/t37-,41-,42-,43-,44-,45-,46-/m0/s1. The average molecular weight is 973 g/mol. The van der Waals surface area contributed by atoms with Gasteiger partial charge in [0, 0.05) is 64.1 Å². The molecule has 378 valence electrons. The number of aromatic amines is 3. The number of nitrogens with one attached hydrogen (secondary N) is 9. The molecule has 18 nitrogen and oxygen atoms in total. The summed E-state index contributed by atoms with van der Waals surface area (Å²) in [6.45, 7) is 13.8. The number of aliphatic carboxylic acids is 1. The van der Waals surface area contributed by atoms with Crippen molar-refractivity contribution < 1.29 is 38.7 Å². The summed E-state index contributed by atoms with van der Waals surface area (Å²) in [5.41, 5.74) is 11.1. The van der Waals surface area contributed by atoms with Gasteiger partial charge in [-0.1, -0.05) is 110 Å². The Hall–Kier alpha value is -7.47. The van der Waals surface area contributed by atoms with E-state index in [1.165, 1.54) is 0 Å². The van der Waals surface area contributed by atoms with E-state index in [9.17, 15) is 38.7 Å². The second-order valence-electron chi connectivity index (χ2n) is 19.7. The van der Waals surface area contributed by atoms with Gasteiger partial charge in [-0.05, 0) is 65.0 Å². The van der Waals surface area contributed by atoms with Crippen molar-refractivity contribution in [3.05, 3.63) is 108 Å². The molecule has 0 spiro atoms. The first kappa shape index (κ1) is 52.9. The van der Waals surface area contributed by atoms with Gasteiger partial charge in [0.2, 0.25) is 35.4 Å². The summed E-state index contributed by atoms with van der Waals surface area (Å²) < 4.78 is 0. The zero-order chi connectivity index (χ0) is 51.7. The van der Waals surface area contributed by atoms with Crippen LogP contribution in [0.1, 0.15) is 72.1 Å². The zero-order valence-electron chi connectivity index (χ0n) is 41.5. The third-order valence-electron chi connectivity index (χ3n) is 12.9. The molecule has 0 saturated carbocycles. The number of hydrogen-bond donors (Lipinski definition) is 11. The Morgan fingerprint density at radius 1 is 0.423 bits per heavy atom. The highest BCUT2D eigenvalue weighted by atomic mass is 16.4. The largest absolute Gasteiger partial charge is 0.480 e. The highest BCUT2D eigenvalue weighted by Crippen LogP contribution is 2.22. The molecule has 0 unspecified atom stereocenters. The Bertz CT molecular complexity index is 2860. The lowest BCUT2D eigenvalue weighted by Gasteiger charge is -2.30. The molecule has 0 bridgehead atoms. The molecule has 0 fully saturated rings. The van der Waals surface area contributed by atoms with Crippen molar-refractivity contribution in [2.75, 3.05) is 0 Å². The number of carbonyl (C=O) groups is 7. The number of para-hydroxylation sites is 3. The summed E-state index contributed by atoms with van der Waals surface area (Å²) in [7, 11) is 0. The van der Waals surface area contributed by atoms with Gasteiger partial charge in [-0.2, -0.15) is 0 Å². The van der Waals surface area contributed by atoms with Gasteiger partial charge in [-0.15, -0.1) is 0 Å². The van der Waals surface area contributed by atoms with Crippen LogP contribution in [0.2, 0.25) is 0 Å². The molecule has 0 aliphatic rings. The minimum atomic E-state index is -1.32. The average Bonchev–Trinajstić information content (AvgIpc) is 4.06. The molecule has 3 aromatic heterocycles. The van der Waals surface area contributed by atoms with Crippen LogP contribution in [0.15, 0.2) is 91.4 Å². The summed E-state index contributed by atoms with van der Waals surface area (Å²) in [5.74, 6) is -7.11. The lowest BCUT2D eigenvalue weighted by molar-refractivity contribution is -0.142. The number of carbonyl (C=O) groups excluding carboxylic acids is 6. The Balaban J connectivity index is 1.16. The Morgan fingerprint density at radius 2 is 0.718 bits per heavy atom. The van der Waals surface area contributed by atoms with Crippen LogP contribution in [0.3, 0.4) is 0 Å². The Labute approximate surface area is 412 Å². The highest BCUT2D eigenvalue weighted by molar-refractivity contribution is 5.98. The first-order valence-corrected chi connectivity index (χ1v) is 24.2. The molecule has 6 aromatic rings. The predicted molar refractivity (Wildman–Crippen MR) is 273 cm³/mol. The molecule has 18 heteroatoms. The third kappa shape index (κ3) is 13.0. The van der Waals surface area contributed by atoms with Crippen LogP contribution in [0.4, 0.5) is 0 Å². The molecule has 71 heavy (non-hydrogen) atoms.